The third kappa shape index (κ3) is 3.09. The number of rotatable bonds is 3. The van der Waals surface area contributed by atoms with Crippen molar-refractivity contribution in [2.75, 3.05) is 30.3 Å². The van der Waals surface area contributed by atoms with Crippen LogP contribution in [0.5, 0.6) is 0 Å². The summed E-state index contributed by atoms with van der Waals surface area (Å²) in [6, 6.07) is 7.34. The highest BCUT2D eigenvalue weighted by Gasteiger charge is 2.32. The van der Waals surface area contributed by atoms with Crippen LogP contribution in [0.3, 0.4) is 0 Å². The average molecular weight is 309 g/mol. The first-order valence-electron chi connectivity index (χ1n) is 7.79. The molecule has 0 unspecified atom stereocenters. The van der Waals surface area contributed by atoms with E-state index in [0.29, 0.717) is 16.9 Å². The van der Waals surface area contributed by atoms with Crippen molar-refractivity contribution in [3.8, 4) is 0 Å². The first kappa shape index (κ1) is 14.9. The van der Waals surface area contributed by atoms with Gasteiger partial charge in [0.2, 0.25) is 0 Å². The third-order valence-corrected chi connectivity index (χ3v) is 6.41. The number of sulfone groups is 1. The summed E-state index contributed by atoms with van der Waals surface area (Å²) in [5, 5.41) is 0. The van der Waals surface area contributed by atoms with Crippen molar-refractivity contribution in [3.05, 3.63) is 24.3 Å². The van der Waals surface area contributed by atoms with Crippen LogP contribution in [-0.4, -0.2) is 40.0 Å². The van der Waals surface area contributed by atoms with E-state index >= 15 is 0 Å². The Bertz CT molecular complexity index is 582. The van der Waals surface area contributed by atoms with Gasteiger partial charge in [0.15, 0.2) is 9.84 Å². The van der Waals surface area contributed by atoms with E-state index in [1.807, 2.05) is 12.1 Å². The number of piperidine rings is 1. The van der Waals surface area contributed by atoms with Gasteiger partial charge in [-0.3, -0.25) is 0 Å². The quantitative estimate of drug-likeness (QED) is 0.860. The first-order chi connectivity index (χ1) is 10.1. The maximum atomic E-state index is 11.8. The second-order valence-electron chi connectivity index (χ2n) is 5.94. The number of ether oxygens (including phenoxy) is 1. The Kier molecular flexibility index (Phi) is 4.22. The predicted octanol–water partition coefficient (Wildman–Crippen LogP) is 2.49. The Hall–Kier alpha value is -1.07. The van der Waals surface area contributed by atoms with Gasteiger partial charge in [-0.1, -0.05) is 6.92 Å². The molecule has 2 atom stereocenters. The second kappa shape index (κ2) is 5.97. The van der Waals surface area contributed by atoms with Crippen molar-refractivity contribution in [3.63, 3.8) is 0 Å². The minimum atomic E-state index is -3.10. The number of hydrogen-bond acceptors (Lipinski definition) is 4. The van der Waals surface area contributed by atoms with E-state index in [9.17, 15) is 8.42 Å². The summed E-state index contributed by atoms with van der Waals surface area (Å²) < 4.78 is 29.5. The van der Waals surface area contributed by atoms with Crippen molar-refractivity contribution in [1.29, 1.82) is 0 Å². The number of fused-ring (bicyclic) bond motifs is 1. The lowest BCUT2D eigenvalue weighted by atomic mass is 9.88. The zero-order valence-corrected chi connectivity index (χ0v) is 13.3. The Morgan fingerprint density at radius 3 is 2.71 bits per heavy atom. The van der Waals surface area contributed by atoms with Crippen LogP contribution in [0.2, 0.25) is 0 Å². The summed E-state index contributed by atoms with van der Waals surface area (Å²) in [5.74, 6) is 0.767. The predicted molar refractivity (Wildman–Crippen MR) is 83.5 cm³/mol. The summed E-state index contributed by atoms with van der Waals surface area (Å²) >= 11 is 0. The minimum Gasteiger partial charge on any atom is -0.378 e. The molecule has 0 spiro atoms. The first-order valence-corrected chi connectivity index (χ1v) is 9.45. The molecular formula is C16H23NO3S. The van der Waals surface area contributed by atoms with E-state index < -0.39 is 9.84 Å². The summed E-state index contributed by atoms with van der Waals surface area (Å²) in [7, 11) is -3.10. The fourth-order valence-corrected chi connectivity index (χ4v) is 4.24. The van der Waals surface area contributed by atoms with Crippen LogP contribution in [0.1, 0.15) is 26.2 Å². The topological polar surface area (TPSA) is 46.6 Å². The molecule has 0 radical (unpaired) electrons. The number of anilines is 1. The van der Waals surface area contributed by atoms with Crippen molar-refractivity contribution >= 4 is 15.5 Å². The van der Waals surface area contributed by atoms with Gasteiger partial charge in [0.05, 0.1) is 16.8 Å². The van der Waals surface area contributed by atoms with E-state index in [2.05, 4.69) is 4.90 Å². The van der Waals surface area contributed by atoms with E-state index in [-0.39, 0.29) is 5.75 Å². The summed E-state index contributed by atoms with van der Waals surface area (Å²) in [4.78, 5) is 2.78. The van der Waals surface area contributed by atoms with Gasteiger partial charge in [-0.2, -0.15) is 0 Å². The van der Waals surface area contributed by atoms with Gasteiger partial charge in [0, 0.05) is 31.3 Å². The van der Waals surface area contributed by atoms with Gasteiger partial charge in [0.1, 0.15) is 0 Å². The van der Waals surface area contributed by atoms with Gasteiger partial charge in [-0.15, -0.1) is 0 Å². The number of hydrogen-bond donors (Lipinski definition) is 0. The molecule has 0 aliphatic carbocycles. The molecule has 0 N–H and O–H groups in total. The van der Waals surface area contributed by atoms with Gasteiger partial charge in [-0.05, 0) is 43.5 Å². The molecule has 0 saturated carbocycles. The van der Waals surface area contributed by atoms with Gasteiger partial charge >= 0.3 is 0 Å². The zero-order chi connectivity index (χ0) is 14.9. The monoisotopic (exact) mass is 309 g/mol. The lowest BCUT2D eigenvalue weighted by Crippen LogP contribution is -2.46. The normalized spacial score (nSPS) is 26.4. The van der Waals surface area contributed by atoms with Crippen LogP contribution in [0.15, 0.2) is 29.2 Å². The van der Waals surface area contributed by atoms with E-state index in [0.717, 1.165) is 38.2 Å². The summed E-state index contributed by atoms with van der Waals surface area (Å²) in [6.07, 6.45) is 3.89. The van der Waals surface area contributed by atoms with Crippen LogP contribution >= 0.6 is 0 Å². The second-order valence-corrected chi connectivity index (χ2v) is 8.22. The maximum absolute atomic E-state index is 11.8. The molecular weight excluding hydrogens is 286 g/mol. The fraction of sp³-hybridized carbons (Fsp3) is 0.625. The molecule has 5 heteroatoms. The highest BCUT2D eigenvalue weighted by molar-refractivity contribution is 7.91. The smallest absolute Gasteiger partial charge is 0.178 e. The molecule has 0 bridgehead atoms. The largest absolute Gasteiger partial charge is 0.378 e. The number of nitrogens with zero attached hydrogens (tertiary/aromatic N) is 1. The fourth-order valence-electron chi connectivity index (χ4n) is 3.35. The minimum absolute atomic E-state index is 0.150. The standard InChI is InChI=1S/C16H23NO3S/c1-2-21(18,19)15-7-5-14(6-8-15)17-10-9-16-13(12-17)4-3-11-20-16/h5-8,13,16H,2-4,9-12H2,1H3/t13-,16+/m0/s1. The van der Waals surface area contributed by atoms with E-state index in [1.54, 1.807) is 19.1 Å². The van der Waals surface area contributed by atoms with E-state index in [4.69, 9.17) is 4.74 Å². The van der Waals surface area contributed by atoms with Gasteiger partial charge in [0.25, 0.3) is 0 Å². The number of benzene rings is 1. The Morgan fingerprint density at radius 1 is 1.24 bits per heavy atom. The third-order valence-electron chi connectivity index (χ3n) is 4.66. The van der Waals surface area contributed by atoms with Crippen molar-refractivity contribution in [1.82, 2.24) is 0 Å². The van der Waals surface area contributed by atoms with Crippen LogP contribution in [-0.2, 0) is 14.6 Å². The highest BCUT2D eigenvalue weighted by Crippen LogP contribution is 2.31. The molecule has 2 heterocycles. The molecule has 0 aromatic heterocycles. The van der Waals surface area contributed by atoms with Crippen LogP contribution in [0.25, 0.3) is 0 Å². The van der Waals surface area contributed by atoms with Crippen molar-refractivity contribution in [2.24, 2.45) is 5.92 Å². The molecule has 2 saturated heterocycles. The molecule has 2 aliphatic rings. The molecule has 4 nitrogen and oxygen atoms in total. The Labute approximate surface area is 127 Å². The molecule has 1 aromatic carbocycles. The van der Waals surface area contributed by atoms with Crippen LogP contribution < -0.4 is 4.90 Å². The Morgan fingerprint density at radius 2 is 2.00 bits per heavy atom. The molecule has 1 aromatic rings. The van der Waals surface area contributed by atoms with Crippen molar-refractivity contribution in [2.45, 2.75) is 37.2 Å². The van der Waals surface area contributed by atoms with E-state index in [1.165, 1.54) is 6.42 Å². The molecule has 3 rings (SSSR count). The highest BCUT2D eigenvalue weighted by atomic mass is 32.2. The molecule has 21 heavy (non-hydrogen) atoms. The zero-order valence-electron chi connectivity index (χ0n) is 12.5. The lowest BCUT2D eigenvalue weighted by molar-refractivity contribution is -0.0357. The summed E-state index contributed by atoms with van der Waals surface area (Å²) in [6.45, 7) is 4.59. The van der Waals surface area contributed by atoms with Gasteiger partial charge in [-0.25, -0.2) is 8.42 Å². The average Bonchev–Trinajstić information content (AvgIpc) is 2.54. The lowest BCUT2D eigenvalue weighted by Gasteiger charge is -2.42. The van der Waals surface area contributed by atoms with Gasteiger partial charge < -0.3 is 9.64 Å². The maximum Gasteiger partial charge on any atom is 0.178 e. The molecule has 2 aliphatic heterocycles. The molecule has 116 valence electrons. The van der Waals surface area contributed by atoms with Crippen LogP contribution in [0.4, 0.5) is 5.69 Å². The van der Waals surface area contributed by atoms with Crippen LogP contribution in [0, 0.1) is 5.92 Å². The Balaban J connectivity index is 1.73. The molecule has 2 fully saturated rings. The van der Waals surface area contributed by atoms with Crippen molar-refractivity contribution < 1.29 is 13.2 Å². The molecule has 0 amide bonds. The SMILES string of the molecule is CCS(=O)(=O)c1ccc(N2CC[C@H]3OCCC[C@H]3C2)cc1. The summed E-state index contributed by atoms with van der Waals surface area (Å²) in [5.41, 5.74) is 1.12.